The highest BCUT2D eigenvalue weighted by Crippen LogP contribution is 2.21. The average molecular weight is 390 g/mol. The number of nitrogens with one attached hydrogen (secondary N) is 1. The second-order valence-electron chi connectivity index (χ2n) is 7.54. The van der Waals surface area contributed by atoms with Crippen LogP contribution >= 0.6 is 12.4 Å². The number of carbonyl (C=O) groups is 2. The predicted molar refractivity (Wildman–Crippen MR) is 98.1 cm³/mol. The van der Waals surface area contributed by atoms with Crippen molar-refractivity contribution in [3.05, 3.63) is 35.4 Å². The number of halogens is 3. The van der Waals surface area contributed by atoms with Crippen molar-refractivity contribution in [2.75, 3.05) is 13.1 Å². The molecule has 26 heavy (non-hydrogen) atoms. The fourth-order valence-corrected chi connectivity index (χ4v) is 2.75. The lowest BCUT2D eigenvalue weighted by molar-refractivity contribution is -0.136. The van der Waals surface area contributed by atoms with Gasteiger partial charge in [0.2, 0.25) is 5.91 Å². The number of carbonyl (C=O) groups excluding carboxylic acids is 2. The molecule has 146 valence electrons. The van der Waals surface area contributed by atoms with E-state index in [9.17, 15) is 18.4 Å². The van der Waals surface area contributed by atoms with Gasteiger partial charge in [-0.25, -0.2) is 8.78 Å². The molecule has 1 aromatic rings. The fourth-order valence-electron chi connectivity index (χ4n) is 2.75. The Morgan fingerprint density at radius 2 is 1.81 bits per heavy atom. The van der Waals surface area contributed by atoms with Gasteiger partial charge in [-0.05, 0) is 30.4 Å². The topological polar surface area (TPSA) is 75.4 Å². The maximum absolute atomic E-state index is 13.7. The largest absolute Gasteiger partial charge is 0.349 e. The number of hydrogen-bond donors (Lipinski definition) is 2. The zero-order valence-corrected chi connectivity index (χ0v) is 16.0. The summed E-state index contributed by atoms with van der Waals surface area (Å²) in [4.78, 5) is 26.2. The summed E-state index contributed by atoms with van der Waals surface area (Å²) in [7, 11) is 0. The fraction of sp³-hybridized carbons (Fsp3) is 0.556. The number of benzene rings is 1. The van der Waals surface area contributed by atoms with Gasteiger partial charge in [-0.15, -0.1) is 12.4 Å². The third-order valence-electron chi connectivity index (χ3n) is 4.52. The van der Waals surface area contributed by atoms with E-state index in [1.54, 1.807) is 4.90 Å². The number of rotatable bonds is 3. The highest BCUT2D eigenvalue weighted by Gasteiger charge is 2.33. The second kappa shape index (κ2) is 8.77. The van der Waals surface area contributed by atoms with Crippen LogP contribution in [0.15, 0.2) is 18.2 Å². The van der Waals surface area contributed by atoms with E-state index in [4.69, 9.17) is 5.73 Å². The minimum absolute atomic E-state index is 0. The first-order valence-electron chi connectivity index (χ1n) is 8.40. The van der Waals surface area contributed by atoms with Crippen LogP contribution in [-0.4, -0.2) is 41.9 Å². The van der Waals surface area contributed by atoms with E-state index in [2.05, 4.69) is 5.32 Å². The summed E-state index contributed by atoms with van der Waals surface area (Å²) in [5.74, 6) is -2.28. The molecule has 2 rings (SSSR count). The lowest BCUT2D eigenvalue weighted by atomic mass is 9.86. The van der Waals surface area contributed by atoms with Crippen LogP contribution in [-0.2, 0) is 4.79 Å². The van der Waals surface area contributed by atoms with Crippen molar-refractivity contribution < 1.29 is 18.4 Å². The summed E-state index contributed by atoms with van der Waals surface area (Å²) in [5.41, 5.74) is 5.51. The molecule has 1 atom stereocenters. The minimum Gasteiger partial charge on any atom is -0.349 e. The zero-order chi connectivity index (χ0) is 18.8. The molecular formula is C18H26ClF2N3O2. The quantitative estimate of drug-likeness (QED) is 0.833. The van der Waals surface area contributed by atoms with Crippen molar-refractivity contribution in [1.29, 1.82) is 0 Å². The van der Waals surface area contributed by atoms with Crippen LogP contribution in [0.5, 0.6) is 0 Å². The van der Waals surface area contributed by atoms with Crippen LogP contribution in [0.2, 0.25) is 0 Å². The van der Waals surface area contributed by atoms with Crippen molar-refractivity contribution >= 4 is 24.2 Å². The second-order valence-corrected chi connectivity index (χ2v) is 7.54. The molecule has 1 aromatic carbocycles. The van der Waals surface area contributed by atoms with E-state index in [-0.39, 0.29) is 35.3 Å². The van der Waals surface area contributed by atoms with E-state index < -0.39 is 23.6 Å². The SMILES string of the molecule is CC(C)(C)[C@H](N)C(=O)N1CCC(NC(=O)c2ccc(F)cc2F)CC1.Cl. The van der Waals surface area contributed by atoms with Crippen molar-refractivity contribution in [2.24, 2.45) is 11.1 Å². The number of piperidine rings is 1. The Balaban J connectivity index is 0.00000338. The van der Waals surface area contributed by atoms with Gasteiger partial charge in [-0.3, -0.25) is 9.59 Å². The van der Waals surface area contributed by atoms with Crippen LogP contribution in [0, 0.1) is 17.0 Å². The van der Waals surface area contributed by atoms with Crippen molar-refractivity contribution in [3.8, 4) is 0 Å². The first-order valence-corrected chi connectivity index (χ1v) is 8.40. The molecule has 1 aliphatic heterocycles. The number of likely N-dealkylation sites (tertiary alicyclic amines) is 1. The summed E-state index contributed by atoms with van der Waals surface area (Å²) in [6, 6.07) is 2.12. The first-order chi connectivity index (χ1) is 11.6. The normalized spacial score (nSPS) is 16.6. The Kier molecular flexibility index (Phi) is 7.53. The summed E-state index contributed by atoms with van der Waals surface area (Å²) in [6.07, 6.45) is 1.13. The third kappa shape index (κ3) is 5.38. The monoisotopic (exact) mass is 389 g/mol. The number of hydrogen-bond acceptors (Lipinski definition) is 3. The van der Waals surface area contributed by atoms with Gasteiger partial charge in [0.15, 0.2) is 0 Å². The van der Waals surface area contributed by atoms with Gasteiger partial charge >= 0.3 is 0 Å². The minimum atomic E-state index is -0.888. The number of nitrogens with two attached hydrogens (primary N) is 1. The highest BCUT2D eigenvalue weighted by atomic mass is 35.5. The van der Waals surface area contributed by atoms with E-state index in [0.717, 1.165) is 12.1 Å². The number of amides is 2. The summed E-state index contributed by atoms with van der Waals surface area (Å²) in [6.45, 7) is 6.72. The molecule has 0 bridgehead atoms. The maximum atomic E-state index is 13.7. The van der Waals surface area contributed by atoms with Gasteiger partial charge in [0, 0.05) is 25.2 Å². The van der Waals surface area contributed by atoms with Crippen LogP contribution in [0.3, 0.4) is 0 Å². The predicted octanol–water partition coefficient (Wildman–Crippen LogP) is 2.48. The van der Waals surface area contributed by atoms with E-state index in [1.807, 2.05) is 20.8 Å². The third-order valence-corrected chi connectivity index (χ3v) is 4.52. The molecule has 1 fully saturated rings. The molecule has 0 unspecified atom stereocenters. The van der Waals surface area contributed by atoms with Crippen LogP contribution < -0.4 is 11.1 Å². The molecule has 8 heteroatoms. The van der Waals surface area contributed by atoms with Crippen molar-refractivity contribution in [3.63, 3.8) is 0 Å². The molecule has 0 radical (unpaired) electrons. The lowest BCUT2D eigenvalue weighted by Crippen LogP contribution is -2.54. The molecule has 0 aromatic heterocycles. The molecule has 1 saturated heterocycles. The molecule has 0 aliphatic carbocycles. The first kappa shape index (κ1) is 22.3. The average Bonchev–Trinajstić information content (AvgIpc) is 2.53. The zero-order valence-electron chi connectivity index (χ0n) is 15.2. The van der Waals surface area contributed by atoms with Gasteiger partial charge in [-0.1, -0.05) is 20.8 Å². The van der Waals surface area contributed by atoms with Crippen LogP contribution in [0.4, 0.5) is 8.78 Å². The Labute approximate surface area is 158 Å². The Morgan fingerprint density at radius 3 is 2.31 bits per heavy atom. The standard InChI is InChI=1S/C18H25F2N3O2.ClH/c1-18(2,3)15(21)17(25)23-8-6-12(7-9-23)22-16(24)13-5-4-11(19)10-14(13)20;/h4-5,10,12,15H,6-9,21H2,1-3H3,(H,22,24);1H/t15-;/m1./s1. The van der Waals surface area contributed by atoms with Gasteiger partial charge in [-0.2, -0.15) is 0 Å². The molecule has 2 amide bonds. The van der Waals surface area contributed by atoms with Crippen LogP contribution in [0.25, 0.3) is 0 Å². The molecule has 1 heterocycles. The van der Waals surface area contributed by atoms with Crippen molar-refractivity contribution in [2.45, 2.75) is 45.7 Å². The van der Waals surface area contributed by atoms with E-state index in [1.165, 1.54) is 0 Å². The number of nitrogens with zero attached hydrogens (tertiary/aromatic N) is 1. The molecule has 0 saturated carbocycles. The smallest absolute Gasteiger partial charge is 0.254 e. The molecule has 0 spiro atoms. The maximum Gasteiger partial charge on any atom is 0.254 e. The van der Waals surface area contributed by atoms with Crippen molar-refractivity contribution in [1.82, 2.24) is 10.2 Å². The van der Waals surface area contributed by atoms with E-state index >= 15 is 0 Å². The summed E-state index contributed by atoms with van der Waals surface area (Å²) >= 11 is 0. The molecule has 3 N–H and O–H groups in total. The molecular weight excluding hydrogens is 364 g/mol. The summed E-state index contributed by atoms with van der Waals surface area (Å²) in [5, 5.41) is 2.74. The van der Waals surface area contributed by atoms with E-state index in [0.29, 0.717) is 32.0 Å². The van der Waals surface area contributed by atoms with Gasteiger partial charge in [0.05, 0.1) is 11.6 Å². The Morgan fingerprint density at radius 1 is 1.23 bits per heavy atom. The Hall–Kier alpha value is -1.73. The summed E-state index contributed by atoms with van der Waals surface area (Å²) < 4.78 is 26.6. The molecule has 1 aliphatic rings. The Bertz CT molecular complexity index is 656. The van der Waals surface area contributed by atoms with Gasteiger partial charge in [0.1, 0.15) is 11.6 Å². The highest BCUT2D eigenvalue weighted by molar-refractivity contribution is 5.94. The lowest BCUT2D eigenvalue weighted by Gasteiger charge is -2.36. The van der Waals surface area contributed by atoms with Gasteiger partial charge in [0.25, 0.3) is 5.91 Å². The van der Waals surface area contributed by atoms with Crippen LogP contribution in [0.1, 0.15) is 44.0 Å². The molecule has 5 nitrogen and oxygen atoms in total. The van der Waals surface area contributed by atoms with Gasteiger partial charge < -0.3 is 16.0 Å².